The molecule has 0 fully saturated rings. The van der Waals surface area contributed by atoms with Gasteiger partial charge in [-0.2, -0.15) is 9.97 Å². The van der Waals surface area contributed by atoms with Gasteiger partial charge in [-0.05, 0) is 17.2 Å². The summed E-state index contributed by atoms with van der Waals surface area (Å²) in [4.78, 5) is 10.8. The molecule has 1 aromatic heterocycles. The van der Waals surface area contributed by atoms with Gasteiger partial charge in [0.25, 0.3) is 0 Å². The Balaban J connectivity index is 1.94. The lowest BCUT2D eigenvalue weighted by atomic mass is 10.1. The average molecular weight is 272 g/mol. The van der Waals surface area contributed by atoms with E-state index in [-0.39, 0.29) is 0 Å². The molecule has 0 atom stereocenters. The van der Waals surface area contributed by atoms with E-state index in [0.29, 0.717) is 24.3 Å². The summed E-state index contributed by atoms with van der Waals surface area (Å²) in [6.45, 7) is 1.43. The number of aromatic nitrogens is 2. The minimum atomic E-state index is 0.482. The third kappa shape index (κ3) is 2.09. The minimum Gasteiger partial charge on any atom is -0.481 e. The lowest BCUT2D eigenvalue weighted by Gasteiger charge is -2.16. The van der Waals surface area contributed by atoms with Gasteiger partial charge in [0.15, 0.2) is 0 Å². The van der Waals surface area contributed by atoms with Crippen molar-refractivity contribution in [2.45, 2.75) is 13.1 Å². The fraction of sp³-hybridized carbons (Fsp3) is 0.286. The Morgan fingerprint density at radius 2 is 1.80 bits per heavy atom. The smallest absolute Gasteiger partial charge is 0.232 e. The van der Waals surface area contributed by atoms with Crippen LogP contribution in [0.25, 0.3) is 0 Å². The van der Waals surface area contributed by atoms with Crippen molar-refractivity contribution in [3.63, 3.8) is 0 Å². The summed E-state index contributed by atoms with van der Waals surface area (Å²) in [6, 6.07) is 7.60. The molecule has 0 spiro atoms. The van der Waals surface area contributed by atoms with E-state index < -0.39 is 0 Å². The first-order valence-corrected chi connectivity index (χ1v) is 6.29. The predicted molar refractivity (Wildman–Crippen MR) is 75.9 cm³/mol. The maximum Gasteiger partial charge on any atom is 0.232 e. The highest BCUT2D eigenvalue weighted by Gasteiger charge is 2.23. The van der Waals surface area contributed by atoms with Crippen LogP contribution in [0.15, 0.2) is 24.3 Å². The van der Waals surface area contributed by atoms with Gasteiger partial charge in [-0.15, -0.1) is 0 Å². The van der Waals surface area contributed by atoms with E-state index in [0.717, 1.165) is 17.8 Å². The van der Waals surface area contributed by atoms with Crippen LogP contribution in [0.4, 0.5) is 11.6 Å². The second-order valence-corrected chi connectivity index (χ2v) is 4.59. The number of benzene rings is 1. The Bertz CT molecular complexity index is 623. The SMILES string of the molecule is COc1cc(OC)nc(N2Cc3cccc(N)c3C2)n1. The van der Waals surface area contributed by atoms with Crippen LogP contribution in [-0.4, -0.2) is 24.2 Å². The third-order valence-electron chi connectivity index (χ3n) is 3.39. The van der Waals surface area contributed by atoms with Gasteiger partial charge in [0.2, 0.25) is 17.7 Å². The van der Waals surface area contributed by atoms with Gasteiger partial charge in [0.1, 0.15) is 0 Å². The summed E-state index contributed by atoms with van der Waals surface area (Å²) >= 11 is 0. The summed E-state index contributed by atoms with van der Waals surface area (Å²) < 4.78 is 10.4. The molecule has 1 aliphatic rings. The van der Waals surface area contributed by atoms with Crippen LogP contribution in [0.2, 0.25) is 0 Å². The quantitative estimate of drug-likeness (QED) is 0.855. The van der Waals surface area contributed by atoms with E-state index in [1.165, 1.54) is 5.56 Å². The van der Waals surface area contributed by atoms with Crippen molar-refractivity contribution < 1.29 is 9.47 Å². The summed E-state index contributed by atoms with van der Waals surface area (Å²) in [5.74, 6) is 1.54. The number of rotatable bonds is 3. The van der Waals surface area contributed by atoms with Crippen LogP contribution in [-0.2, 0) is 13.1 Å². The van der Waals surface area contributed by atoms with Crippen molar-refractivity contribution in [2.24, 2.45) is 0 Å². The molecule has 2 N–H and O–H groups in total. The monoisotopic (exact) mass is 272 g/mol. The Kier molecular flexibility index (Phi) is 3.06. The van der Waals surface area contributed by atoms with Crippen molar-refractivity contribution in [1.29, 1.82) is 0 Å². The lowest BCUT2D eigenvalue weighted by molar-refractivity contribution is 0.371. The van der Waals surface area contributed by atoms with Gasteiger partial charge in [0, 0.05) is 18.8 Å². The van der Waals surface area contributed by atoms with E-state index in [4.69, 9.17) is 15.2 Å². The Morgan fingerprint density at radius 1 is 1.10 bits per heavy atom. The molecule has 20 heavy (non-hydrogen) atoms. The predicted octanol–water partition coefficient (Wildman–Crippen LogP) is 1.60. The molecule has 2 heterocycles. The van der Waals surface area contributed by atoms with Gasteiger partial charge >= 0.3 is 0 Å². The van der Waals surface area contributed by atoms with Crippen LogP contribution in [0, 0.1) is 0 Å². The summed E-state index contributed by atoms with van der Waals surface area (Å²) in [5.41, 5.74) is 9.15. The van der Waals surface area contributed by atoms with Gasteiger partial charge < -0.3 is 20.1 Å². The fourth-order valence-corrected chi connectivity index (χ4v) is 2.33. The van der Waals surface area contributed by atoms with Crippen LogP contribution in [0.3, 0.4) is 0 Å². The second kappa shape index (κ2) is 4.88. The van der Waals surface area contributed by atoms with Crippen molar-refractivity contribution in [1.82, 2.24) is 9.97 Å². The highest BCUT2D eigenvalue weighted by atomic mass is 16.5. The minimum absolute atomic E-state index is 0.482. The van der Waals surface area contributed by atoms with E-state index in [2.05, 4.69) is 16.0 Å². The largest absolute Gasteiger partial charge is 0.481 e. The Morgan fingerprint density at radius 3 is 2.40 bits per heavy atom. The first-order valence-electron chi connectivity index (χ1n) is 6.29. The molecule has 0 radical (unpaired) electrons. The fourth-order valence-electron chi connectivity index (χ4n) is 2.33. The Labute approximate surface area is 117 Å². The van der Waals surface area contributed by atoms with Crippen molar-refractivity contribution in [3.8, 4) is 11.8 Å². The van der Waals surface area contributed by atoms with Crippen LogP contribution in [0.1, 0.15) is 11.1 Å². The van der Waals surface area contributed by atoms with Crippen LogP contribution < -0.4 is 20.1 Å². The summed E-state index contributed by atoms with van der Waals surface area (Å²) in [5, 5.41) is 0. The molecule has 104 valence electrons. The molecule has 0 amide bonds. The standard InChI is InChI=1S/C14H16N4O2/c1-19-12-6-13(20-2)17-14(16-12)18-7-9-4-3-5-11(15)10(9)8-18/h3-6H,7-8,15H2,1-2H3. The average Bonchev–Trinajstić information content (AvgIpc) is 2.92. The van der Waals surface area contributed by atoms with Crippen molar-refractivity contribution >= 4 is 11.6 Å². The molecule has 1 aliphatic heterocycles. The molecular weight excluding hydrogens is 256 g/mol. The van der Waals surface area contributed by atoms with Crippen LogP contribution in [0.5, 0.6) is 11.8 Å². The number of hydrogen-bond acceptors (Lipinski definition) is 6. The highest BCUT2D eigenvalue weighted by Crippen LogP contribution is 2.31. The van der Waals surface area contributed by atoms with Gasteiger partial charge in [-0.1, -0.05) is 12.1 Å². The number of hydrogen-bond donors (Lipinski definition) is 1. The van der Waals surface area contributed by atoms with Gasteiger partial charge in [0.05, 0.1) is 20.3 Å². The molecule has 1 aromatic carbocycles. The van der Waals surface area contributed by atoms with Crippen LogP contribution >= 0.6 is 0 Å². The lowest BCUT2D eigenvalue weighted by Crippen LogP contribution is -2.18. The molecular formula is C14H16N4O2. The van der Waals surface area contributed by atoms with E-state index in [1.54, 1.807) is 20.3 Å². The third-order valence-corrected chi connectivity index (χ3v) is 3.39. The highest BCUT2D eigenvalue weighted by molar-refractivity contribution is 5.57. The number of ether oxygens (including phenoxy) is 2. The molecule has 0 aliphatic carbocycles. The van der Waals surface area contributed by atoms with Crippen molar-refractivity contribution in [3.05, 3.63) is 35.4 Å². The Hall–Kier alpha value is -2.50. The van der Waals surface area contributed by atoms with E-state index in [1.807, 2.05) is 17.0 Å². The number of nitrogen functional groups attached to an aromatic ring is 1. The number of nitrogens with two attached hydrogens (primary N) is 1. The first kappa shape index (κ1) is 12.5. The topological polar surface area (TPSA) is 73.5 Å². The maximum absolute atomic E-state index is 6.01. The summed E-state index contributed by atoms with van der Waals surface area (Å²) in [7, 11) is 3.14. The maximum atomic E-state index is 6.01. The van der Waals surface area contributed by atoms with Gasteiger partial charge in [-0.25, -0.2) is 0 Å². The normalized spacial score (nSPS) is 13.2. The van der Waals surface area contributed by atoms with E-state index in [9.17, 15) is 0 Å². The first-order chi connectivity index (χ1) is 9.71. The molecule has 0 saturated carbocycles. The van der Waals surface area contributed by atoms with E-state index >= 15 is 0 Å². The molecule has 6 nitrogen and oxygen atoms in total. The molecule has 6 heteroatoms. The molecule has 2 aromatic rings. The summed E-state index contributed by atoms with van der Waals surface area (Å²) in [6.07, 6.45) is 0. The molecule has 0 saturated heterocycles. The second-order valence-electron chi connectivity index (χ2n) is 4.59. The number of methoxy groups -OCH3 is 2. The molecule has 3 rings (SSSR count). The van der Waals surface area contributed by atoms with Gasteiger partial charge in [-0.3, -0.25) is 0 Å². The number of anilines is 2. The number of nitrogens with zero attached hydrogens (tertiary/aromatic N) is 3. The van der Waals surface area contributed by atoms with Crippen molar-refractivity contribution in [2.75, 3.05) is 24.9 Å². The zero-order valence-electron chi connectivity index (χ0n) is 11.5. The zero-order valence-corrected chi connectivity index (χ0v) is 11.5. The number of fused-ring (bicyclic) bond motifs is 1. The molecule has 0 unspecified atom stereocenters. The molecule has 0 bridgehead atoms. The zero-order chi connectivity index (χ0) is 14.1.